The number of rotatable bonds is 7. The van der Waals surface area contributed by atoms with Crippen molar-refractivity contribution in [3.05, 3.63) is 0 Å². The molecule has 0 N–H and O–H groups in total. The fourth-order valence-corrected chi connectivity index (χ4v) is 6.24. The third-order valence-electron chi connectivity index (χ3n) is 7.80. The second-order valence-electron chi connectivity index (χ2n) is 9.22. The highest BCUT2D eigenvalue weighted by Gasteiger charge is 2.35. The lowest BCUT2D eigenvalue weighted by Crippen LogP contribution is -2.31. The summed E-state index contributed by atoms with van der Waals surface area (Å²) in [6.45, 7) is -2.76. The third-order valence-corrected chi connectivity index (χ3v) is 7.80. The SMILES string of the molecule is FCCCC1CCC(C2CCC(C3CCC(OC(F)F)CC3)CC2)CC1. The van der Waals surface area contributed by atoms with E-state index in [4.69, 9.17) is 4.74 Å². The van der Waals surface area contributed by atoms with E-state index in [1.807, 2.05) is 0 Å². The van der Waals surface area contributed by atoms with Crippen molar-refractivity contribution >= 4 is 0 Å². The summed E-state index contributed by atoms with van der Waals surface area (Å²) in [5, 5.41) is 0. The first-order valence-corrected chi connectivity index (χ1v) is 11.1. The number of halogens is 3. The summed E-state index contributed by atoms with van der Waals surface area (Å²) in [5.74, 6) is 4.16. The van der Waals surface area contributed by atoms with Crippen molar-refractivity contribution in [3.8, 4) is 0 Å². The smallest absolute Gasteiger partial charge is 0.320 e. The lowest BCUT2D eigenvalue weighted by Gasteiger charge is -2.41. The predicted molar refractivity (Wildman–Crippen MR) is 98.9 cm³/mol. The minimum absolute atomic E-state index is 0.153. The van der Waals surface area contributed by atoms with E-state index in [9.17, 15) is 13.2 Å². The Hall–Kier alpha value is -0.250. The molecule has 3 fully saturated rings. The van der Waals surface area contributed by atoms with Crippen molar-refractivity contribution in [3.63, 3.8) is 0 Å². The Labute approximate surface area is 157 Å². The van der Waals surface area contributed by atoms with Crippen LogP contribution >= 0.6 is 0 Å². The fraction of sp³-hybridized carbons (Fsp3) is 1.00. The number of ether oxygens (including phenoxy) is 1. The Balaban J connectivity index is 1.34. The second-order valence-corrected chi connectivity index (χ2v) is 9.22. The van der Waals surface area contributed by atoms with Gasteiger partial charge in [-0.05, 0) is 107 Å². The quantitative estimate of drug-likeness (QED) is 0.460. The molecule has 0 amide bonds. The molecular weight excluding hydrogens is 337 g/mol. The van der Waals surface area contributed by atoms with E-state index in [1.165, 1.54) is 51.4 Å². The molecule has 3 aliphatic carbocycles. The van der Waals surface area contributed by atoms with Crippen LogP contribution in [0.5, 0.6) is 0 Å². The van der Waals surface area contributed by atoms with Gasteiger partial charge in [0.25, 0.3) is 0 Å². The minimum atomic E-state index is -2.61. The summed E-state index contributed by atoms with van der Waals surface area (Å²) >= 11 is 0. The summed E-state index contributed by atoms with van der Waals surface area (Å²) in [4.78, 5) is 0. The molecule has 1 nitrogen and oxygen atoms in total. The Morgan fingerprint density at radius 1 is 0.654 bits per heavy atom. The maximum absolute atomic E-state index is 12.3. The van der Waals surface area contributed by atoms with E-state index in [1.54, 1.807) is 0 Å². The van der Waals surface area contributed by atoms with Gasteiger partial charge in [-0.15, -0.1) is 0 Å². The number of hydrogen-bond donors (Lipinski definition) is 0. The Morgan fingerprint density at radius 2 is 1.08 bits per heavy atom. The van der Waals surface area contributed by atoms with Gasteiger partial charge >= 0.3 is 6.61 Å². The average Bonchev–Trinajstić information content (AvgIpc) is 2.67. The maximum atomic E-state index is 12.3. The first-order chi connectivity index (χ1) is 12.7. The van der Waals surface area contributed by atoms with Gasteiger partial charge in [0, 0.05) is 0 Å². The van der Waals surface area contributed by atoms with Crippen LogP contribution in [0.1, 0.15) is 89.9 Å². The van der Waals surface area contributed by atoms with Crippen LogP contribution in [0, 0.1) is 29.6 Å². The van der Waals surface area contributed by atoms with Crippen LogP contribution in [0.25, 0.3) is 0 Å². The van der Waals surface area contributed by atoms with Gasteiger partial charge < -0.3 is 4.74 Å². The van der Waals surface area contributed by atoms with Gasteiger partial charge in [-0.3, -0.25) is 4.39 Å². The van der Waals surface area contributed by atoms with E-state index in [2.05, 4.69) is 0 Å². The van der Waals surface area contributed by atoms with Crippen LogP contribution in [0.4, 0.5) is 13.2 Å². The summed E-state index contributed by atoms with van der Waals surface area (Å²) in [5.41, 5.74) is 0. The summed E-state index contributed by atoms with van der Waals surface area (Å²) in [7, 11) is 0. The van der Waals surface area contributed by atoms with Gasteiger partial charge in [0.15, 0.2) is 0 Å². The Kier molecular flexibility index (Phi) is 8.14. The molecule has 0 aliphatic heterocycles. The highest BCUT2D eigenvalue weighted by molar-refractivity contribution is 4.86. The zero-order valence-corrected chi connectivity index (χ0v) is 16.2. The Bertz CT molecular complexity index is 379. The molecule has 0 aromatic rings. The maximum Gasteiger partial charge on any atom is 0.345 e. The van der Waals surface area contributed by atoms with Gasteiger partial charge in [0.1, 0.15) is 0 Å². The number of hydrogen-bond acceptors (Lipinski definition) is 1. The monoisotopic (exact) mass is 374 g/mol. The number of alkyl halides is 3. The second kappa shape index (κ2) is 10.3. The van der Waals surface area contributed by atoms with E-state index in [0.29, 0.717) is 0 Å². The highest BCUT2D eigenvalue weighted by atomic mass is 19.3. The van der Waals surface area contributed by atoms with Crippen LogP contribution in [-0.2, 0) is 4.74 Å². The van der Waals surface area contributed by atoms with Gasteiger partial charge in [0.2, 0.25) is 0 Å². The van der Waals surface area contributed by atoms with Crippen molar-refractivity contribution in [1.29, 1.82) is 0 Å². The van der Waals surface area contributed by atoms with Crippen LogP contribution in [-0.4, -0.2) is 19.4 Å². The first-order valence-electron chi connectivity index (χ1n) is 11.1. The van der Waals surface area contributed by atoms with Crippen LogP contribution in [0.2, 0.25) is 0 Å². The molecule has 0 radical (unpaired) electrons. The molecule has 0 heterocycles. The molecule has 3 saturated carbocycles. The largest absolute Gasteiger partial charge is 0.345 e. The molecule has 0 atom stereocenters. The zero-order chi connectivity index (χ0) is 18.4. The summed E-state index contributed by atoms with van der Waals surface area (Å²) in [6.07, 6.45) is 16.2. The molecule has 0 spiro atoms. The van der Waals surface area contributed by atoms with Gasteiger partial charge in [0.05, 0.1) is 12.8 Å². The zero-order valence-electron chi connectivity index (χ0n) is 16.2. The highest BCUT2D eigenvalue weighted by Crippen LogP contribution is 2.46. The molecule has 0 saturated heterocycles. The molecule has 4 heteroatoms. The van der Waals surface area contributed by atoms with E-state index in [0.717, 1.165) is 68.1 Å². The van der Waals surface area contributed by atoms with Gasteiger partial charge in [-0.25, -0.2) is 0 Å². The van der Waals surface area contributed by atoms with Crippen molar-refractivity contribution in [2.24, 2.45) is 29.6 Å². The molecule has 3 rings (SSSR count). The fourth-order valence-electron chi connectivity index (χ4n) is 6.24. The first kappa shape index (κ1) is 20.5. The standard InChI is InChI=1S/C22H37F3O/c23-15-1-2-16-3-5-17(6-4-16)18-7-9-19(10-8-18)20-11-13-21(14-12-20)26-22(24)25/h16-22H,1-15H2. The molecule has 26 heavy (non-hydrogen) atoms. The van der Waals surface area contributed by atoms with Crippen molar-refractivity contribution in [1.82, 2.24) is 0 Å². The molecule has 0 aromatic heterocycles. The van der Waals surface area contributed by atoms with Crippen molar-refractivity contribution < 1.29 is 17.9 Å². The van der Waals surface area contributed by atoms with Crippen molar-refractivity contribution in [2.45, 2.75) is 103 Å². The van der Waals surface area contributed by atoms with Crippen LogP contribution in [0.3, 0.4) is 0 Å². The molecule has 0 unspecified atom stereocenters. The topological polar surface area (TPSA) is 9.23 Å². The third kappa shape index (κ3) is 5.87. The molecule has 3 aliphatic rings. The lowest BCUT2D eigenvalue weighted by atomic mass is 9.65. The molecule has 0 aromatic carbocycles. The van der Waals surface area contributed by atoms with E-state index < -0.39 is 6.61 Å². The van der Waals surface area contributed by atoms with Gasteiger partial charge in [-0.1, -0.05) is 12.8 Å². The minimum Gasteiger partial charge on any atom is -0.320 e. The van der Waals surface area contributed by atoms with Crippen LogP contribution in [0.15, 0.2) is 0 Å². The predicted octanol–water partition coefficient (Wildman–Crippen LogP) is 7.15. The summed E-state index contributed by atoms with van der Waals surface area (Å²) in [6, 6.07) is 0. The summed E-state index contributed by atoms with van der Waals surface area (Å²) < 4.78 is 41.7. The molecular formula is C22H37F3O. The molecule has 152 valence electrons. The normalized spacial score (nSPS) is 39.2. The van der Waals surface area contributed by atoms with Crippen molar-refractivity contribution in [2.75, 3.05) is 6.67 Å². The van der Waals surface area contributed by atoms with Gasteiger partial charge in [-0.2, -0.15) is 8.78 Å². The van der Waals surface area contributed by atoms with E-state index in [-0.39, 0.29) is 12.8 Å². The average molecular weight is 375 g/mol. The Morgan fingerprint density at radius 3 is 1.50 bits per heavy atom. The van der Waals surface area contributed by atoms with Crippen LogP contribution < -0.4 is 0 Å². The van der Waals surface area contributed by atoms with E-state index >= 15 is 0 Å². The lowest BCUT2D eigenvalue weighted by molar-refractivity contribution is -0.172. The molecule has 0 bridgehead atoms.